The molecule has 0 aromatic heterocycles. The lowest BCUT2D eigenvalue weighted by Crippen LogP contribution is -2.34. The monoisotopic (exact) mass is 234 g/mol. The summed E-state index contributed by atoms with van der Waals surface area (Å²) in [4.78, 5) is 0. The summed E-state index contributed by atoms with van der Waals surface area (Å²) in [5.41, 5.74) is 7.02. The van der Waals surface area contributed by atoms with Gasteiger partial charge in [0.1, 0.15) is 0 Å². The van der Waals surface area contributed by atoms with E-state index in [1.165, 1.54) is 5.56 Å². The number of benzene rings is 1. The minimum atomic E-state index is 0.154. The highest BCUT2D eigenvalue weighted by Gasteiger charge is 1.98. The molecule has 0 bridgehead atoms. The van der Waals surface area contributed by atoms with Crippen molar-refractivity contribution >= 4 is 0 Å². The maximum Gasteiger partial charge on any atom is 0.0717 e. The Labute approximate surface area is 104 Å². The highest BCUT2D eigenvalue weighted by molar-refractivity contribution is 5.13. The van der Waals surface area contributed by atoms with Crippen LogP contribution in [0.5, 0.6) is 0 Å². The van der Waals surface area contributed by atoms with E-state index in [0.717, 1.165) is 19.5 Å². The molecular formula is C14H22N2O. The van der Waals surface area contributed by atoms with Gasteiger partial charge in [0, 0.05) is 19.1 Å². The Morgan fingerprint density at radius 1 is 1.35 bits per heavy atom. The molecule has 0 saturated heterocycles. The molecule has 0 aliphatic rings. The van der Waals surface area contributed by atoms with Gasteiger partial charge in [-0.15, -0.1) is 6.58 Å². The third kappa shape index (κ3) is 6.89. The zero-order valence-electron chi connectivity index (χ0n) is 10.3. The van der Waals surface area contributed by atoms with E-state index >= 15 is 0 Å². The van der Waals surface area contributed by atoms with E-state index in [1.54, 1.807) is 0 Å². The van der Waals surface area contributed by atoms with Crippen molar-refractivity contribution in [3.8, 4) is 0 Å². The Kier molecular flexibility index (Phi) is 7.30. The van der Waals surface area contributed by atoms with Gasteiger partial charge >= 0.3 is 0 Å². The largest absolute Gasteiger partial charge is 0.375 e. The van der Waals surface area contributed by atoms with Crippen molar-refractivity contribution in [1.29, 1.82) is 0 Å². The Morgan fingerprint density at radius 2 is 2.12 bits per heavy atom. The van der Waals surface area contributed by atoms with E-state index in [9.17, 15) is 0 Å². The maximum atomic E-state index is 5.82. The number of hydrogen-bond acceptors (Lipinski definition) is 3. The average molecular weight is 234 g/mol. The number of rotatable bonds is 9. The molecule has 0 aliphatic carbocycles. The van der Waals surface area contributed by atoms with Gasteiger partial charge in [-0.1, -0.05) is 36.4 Å². The summed E-state index contributed by atoms with van der Waals surface area (Å²) in [5.74, 6) is 0. The van der Waals surface area contributed by atoms with Crippen molar-refractivity contribution in [3.05, 3.63) is 48.6 Å². The van der Waals surface area contributed by atoms with Crippen LogP contribution < -0.4 is 11.1 Å². The lowest BCUT2D eigenvalue weighted by molar-refractivity contribution is 0.122. The molecule has 0 heterocycles. The van der Waals surface area contributed by atoms with Crippen LogP contribution >= 0.6 is 0 Å². The summed E-state index contributed by atoms with van der Waals surface area (Å²) >= 11 is 0. The molecule has 0 spiro atoms. The molecule has 0 amide bonds. The molecule has 0 fully saturated rings. The van der Waals surface area contributed by atoms with Gasteiger partial charge in [0.05, 0.1) is 13.2 Å². The Balaban J connectivity index is 1.96. The second-order valence-corrected chi connectivity index (χ2v) is 4.03. The highest BCUT2D eigenvalue weighted by Crippen LogP contribution is 1.99. The van der Waals surface area contributed by atoms with Crippen LogP contribution in [0.15, 0.2) is 43.0 Å². The standard InChI is InChI=1S/C14H22N2O/c1-2-6-14(15)11-16-9-10-17-12-13-7-4-3-5-8-13/h2-5,7-8,14,16H,1,6,9-12,15H2. The molecule has 0 saturated carbocycles. The van der Waals surface area contributed by atoms with Crippen LogP contribution in [0.3, 0.4) is 0 Å². The zero-order chi connectivity index (χ0) is 12.3. The molecule has 17 heavy (non-hydrogen) atoms. The number of ether oxygens (including phenoxy) is 1. The smallest absolute Gasteiger partial charge is 0.0717 e. The molecule has 0 radical (unpaired) electrons. The maximum absolute atomic E-state index is 5.82. The fourth-order valence-corrected chi connectivity index (χ4v) is 1.49. The minimum absolute atomic E-state index is 0.154. The molecular weight excluding hydrogens is 212 g/mol. The molecule has 0 aliphatic heterocycles. The third-order valence-electron chi connectivity index (χ3n) is 2.41. The van der Waals surface area contributed by atoms with Gasteiger partial charge in [-0.25, -0.2) is 0 Å². The second-order valence-electron chi connectivity index (χ2n) is 4.03. The topological polar surface area (TPSA) is 47.3 Å². The van der Waals surface area contributed by atoms with Crippen LogP contribution in [0.1, 0.15) is 12.0 Å². The first-order valence-corrected chi connectivity index (χ1v) is 6.02. The van der Waals surface area contributed by atoms with Gasteiger partial charge in [-0.05, 0) is 12.0 Å². The number of nitrogens with two attached hydrogens (primary N) is 1. The van der Waals surface area contributed by atoms with Crippen molar-refractivity contribution in [2.45, 2.75) is 19.1 Å². The van der Waals surface area contributed by atoms with Crippen LogP contribution in [0.2, 0.25) is 0 Å². The molecule has 1 rings (SSSR count). The summed E-state index contributed by atoms with van der Waals surface area (Å²) < 4.78 is 5.54. The first kappa shape index (κ1) is 13.9. The predicted molar refractivity (Wildman–Crippen MR) is 71.8 cm³/mol. The number of nitrogens with one attached hydrogen (secondary N) is 1. The summed E-state index contributed by atoms with van der Waals surface area (Å²) in [5, 5.41) is 3.26. The van der Waals surface area contributed by atoms with E-state index in [2.05, 4.69) is 24.0 Å². The molecule has 3 nitrogen and oxygen atoms in total. The van der Waals surface area contributed by atoms with Crippen LogP contribution in [0.4, 0.5) is 0 Å². The van der Waals surface area contributed by atoms with E-state index in [1.807, 2.05) is 24.3 Å². The average Bonchev–Trinajstić information content (AvgIpc) is 2.35. The van der Waals surface area contributed by atoms with Gasteiger partial charge in [0.25, 0.3) is 0 Å². The van der Waals surface area contributed by atoms with Gasteiger partial charge in [-0.2, -0.15) is 0 Å². The normalized spacial score (nSPS) is 12.3. The van der Waals surface area contributed by atoms with Crippen molar-refractivity contribution < 1.29 is 4.74 Å². The summed E-state index contributed by atoms with van der Waals surface area (Å²) in [6.45, 7) is 6.67. The third-order valence-corrected chi connectivity index (χ3v) is 2.41. The second kappa shape index (κ2) is 8.93. The molecule has 94 valence electrons. The van der Waals surface area contributed by atoms with E-state index in [4.69, 9.17) is 10.5 Å². The Hall–Kier alpha value is -1.16. The van der Waals surface area contributed by atoms with Gasteiger partial charge < -0.3 is 15.8 Å². The summed E-state index contributed by atoms with van der Waals surface area (Å²) in [6.07, 6.45) is 2.69. The van der Waals surface area contributed by atoms with E-state index in [0.29, 0.717) is 13.2 Å². The van der Waals surface area contributed by atoms with Crippen molar-refractivity contribution in [1.82, 2.24) is 5.32 Å². The van der Waals surface area contributed by atoms with E-state index < -0.39 is 0 Å². The first-order chi connectivity index (χ1) is 8.33. The summed E-state index contributed by atoms with van der Waals surface area (Å²) in [7, 11) is 0. The molecule has 3 heteroatoms. The van der Waals surface area contributed by atoms with Crippen LogP contribution in [-0.2, 0) is 11.3 Å². The Morgan fingerprint density at radius 3 is 2.82 bits per heavy atom. The zero-order valence-corrected chi connectivity index (χ0v) is 10.3. The van der Waals surface area contributed by atoms with Gasteiger partial charge in [0.15, 0.2) is 0 Å². The van der Waals surface area contributed by atoms with E-state index in [-0.39, 0.29) is 6.04 Å². The van der Waals surface area contributed by atoms with Gasteiger partial charge in [0.2, 0.25) is 0 Å². The quantitative estimate of drug-likeness (QED) is 0.505. The van der Waals surface area contributed by atoms with Crippen LogP contribution in [0.25, 0.3) is 0 Å². The van der Waals surface area contributed by atoms with Crippen LogP contribution in [0, 0.1) is 0 Å². The molecule has 1 aromatic rings. The fraction of sp³-hybridized carbons (Fsp3) is 0.429. The fourth-order valence-electron chi connectivity index (χ4n) is 1.49. The molecule has 1 atom stereocenters. The highest BCUT2D eigenvalue weighted by atomic mass is 16.5. The van der Waals surface area contributed by atoms with Gasteiger partial charge in [-0.3, -0.25) is 0 Å². The van der Waals surface area contributed by atoms with Crippen molar-refractivity contribution in [2.75, 3.05) is 19.7 Å². The lowest BCUT2D eigenvalue weighted by atomic mass is 10.2. The lowest BCUT2D eigenvalue weighted by Gasteiger charge is -2.10. The first-order valence-electron chi connectivity index (χ1n) is 6.02. The Bertz CT molecular complexity index is 300. The molecule has 3 N–H and O–H groups in total. The number of hydrogen-bond donors (Lipinski definition) is 2. The van der Waals surface area contributed by atoms with Crippen molar-refractivity contribution in [2.24, 2.45) is 5.73 Å². The predicted octanol–water partition coefficient (Wildman–Crippen LogP) is 1.70. The minimum Gasteiger partial charge on any atom is -0.375 e. The van der Waals surface area contributed by atoms with Crippen molar-refractivity contribution in [3.63, 3.8) is 0 Å². The molecule has 1 aromatic carbocycles. The van der Waals surface area contributed by atoms with Crippen LogP contribution in [-0.4, -0.2) is 25.7 Å². The SMILES string of the molecule is C=CCC(N)CNCCOCc1ccccc1. The summed E-state index contributed by atoms with van der Waals surface area (Å²) in [6, 6.07) is 10.3. The molecule has 1 unspecified atom stereocenters.